The first-order chi connectivity index (χ1) is 9.28. The molecule has 1 heterocycles. The van der Waals surface area contributed by atoms with E-state index in [0.717, 1.165) is 41.2 Å². The summed E-state index contributed by atoms with van der Waals surface area (Å²) >= 11 is 0. The molecule has 1 aliphatic rings. The number of nitrogens with zero attached hydrogens (tertiary/aromatic N) is 1. The van der Waals surface area contributed by atoms with Gasteiger partial charge in [-0.15, -0.1) is 0 Å². The molecule has 0 saturated carbocycles. The number of methoxy groups -OCH3 is 1. The van der Waals surface area contributed by atoms with Gasteiger partial charge in [-0.1, -0.05) is 18.2 Å². The van der Waals surface area contributed by atoms with Crippen molar-refractivity contribution in [3.63, 3.8) is 0 Å². The Morgan fingerprint density at radius 3 is 2.63 bits per heavy atom. The standard InChI is InChI=1S/C16H16N2O/c1-19-14-7-4-11-8-9-18-16(15(11)10-14)12-2-5-13(17)6-3-12/h2-7,10H,8-9,17H2,1H3. The molecule has 0 spiro atoms. The van der Waals surface area contributed by atoms with E-state index in [1.807, 2.05) is 30.3 Å². The number of benzene rings is 2. The highest BCUT2D eigenvalue weighted by molar-refractivity contribution is 6.14. The van der Waals surface area contributed by atoms with E-state index in [2.05, 4.69) is 17.1 Å². The molecule has 0 atom stereocenters. The zero-order valence-corrected chi connectivity index (χ0v) is 10.9. The fourth-order valence-corrected chi connectivity index (χ4v) is 2.38. The summed E-state index contributed by atoms with van der Waals surface area (Å²) in [5.41, 5.74) is 11.1. The lowest BCUT2D eigenvalue weighted by Crippen LogP contribution is -2.14. The van der Waals surface area contributed by atoms with Crippen molar-refractivity contribution in [1.82, 2.24) is 0 Å². The van der Waals surface area contributed by atoms with Crippen LogP contribution in [0.4, 0.5) is 5.69 Å². The second-order valence-corrected chi connectivity index (χ2v) is 4.63. The van der Waals surface area contributed by atoms with Crippen molar-refractivity contribution in [3.05, 3.63) is 59.2 Å². The minimum absolute atomic E-state index is 0.769. The van der Waals surface area contributed by atoms with Gasteiger partial charge >= 0.3 is 0 Å². The highest BCUT2D eigenvalue weighted by Crippen LogP contribution is 2.25. The van der Waals surface area contributed by atoms with Crippen LogP contribution in [0.3, 0.4) is 0 Å². The van der Waals surface area contributed by atoms with Gasteiger partial charge in [-0.05, 0) is 36.2 Å². The highest BCUT2D eigenvalue weighted by Gasteiger charge is 2.16. The summed E-state index contributed by atoms with van der Waals surface area (Å²) in [6.45, 7) is 0.832. The van der Waals surface area contributed by atoms with Crippen molar-refractivity contribution >= 4 is 11.4 Å². The molecule has 2 N–H and O–H groups in total. The first-order valence-electron chi connectivity index (χ1n) is 6.35. The Hall–Kier alpha value is -2.29. The van der Waals surface area contributed by atoms with Gasteiger partial charge in [0.25, 0.3) is 0 Å². The normalized spacial score (nSPS) is 13.6. The number of rotatable bonds is 2. The maximum atomic E-state index is 5.74. The molecule has 96 valence electrons. The van der Waals surface area contributed by atoms with Crippen LogP contribution in [0.1, 0.15) is 16.7 Å². The van der Waals surface area contributed by atoms with Crippen LogP contribution in [-0.2, 0) is 6.42 Å². The van der Waals surface area contributed by atoms with Crippen molar-refractivity contribution in [1.29, 1.82) is 0 Å². The molecule has 0 amide bonds. The van der Waals surface area contributed by atoms with Crippen LogP contribution in [0.25, 0.3) is 0 Å². The summed E-state index contributed by atoms with van der Waals surface area (Å²) in [6, 6.07) is 14.0. The molecule has 0 aliphatic carbocycles. The van der Waals surface area contributed by atoms with Crippen molar-refractivity contribution < 1.29 is 4.74 Å². The van der Waals surface area contributed by atoms with E-state index in [9.17, 15) is 0 Å². The first-order valence-corrected chi connectivity index (χ1v) is 6.35. The summed E-state index contributed by atoms with van der Waals surface area (Å²) in [5, 5.41) is 0. The zero-order valence-electron chi connectivity index (χ0n) is 10.9. The zero-order chi connectivity index (χ0) is 13.2. The molecule has 1 aliphatic heterocycles. The predicted molar refractivity (Wildman–Crippen MR) is 78.1 cm³/mol. The average molecular weight is 252 g/mol. The lowest BCUT2D eigenvalue weighted by molar-refractivity contribution is 0.414. The number of hydrogen-bond donors (Lipinski definition) is 1. The Bertz CT molecular complexity index is 630. The van der Waals surface area contributed by atoms with Crippen LogP contribution in [-0.4, -0.2) is 19.4 Å². The lowest BCUT2D eigenvalue weighted by Gasteiger charge is -2.18. The minimum Gasteiger partial charge on any atom is -0.497 e. The largest absolute Gasteiger partial charge is 0.497 e. The van der Waals surface area contributed by atoms with E-state index < -0.39 is 0 Å². The third-order valence-electron chi connectivity index (χ3n) is 3.41. The molecule has 3 nitrogen and oxygen atoms in total. The Balaban J connectivity index is 2.09. The van der Waals surface area contributed by atoms with Gasteiger partial charge < -0.3 is 10.5 Å². The van der Waals surface area contributed by atoms with Crippen molar-refractivity contribution in [2.24, 2.45) is 4.99 Å². The van der Waals surface area contributed by atoms with E-state index in [1.54, 1.807) is 7.11 Å². The highest BCUT2D eigenvalue weighted by atomic mass is 16.5. The molecule has 3 heteroatoms. The monoisotopic (exact) mass is 252 g/mol. The molecule has 0 saturated heterocycles. The van der Waals surface area contributed by atoms with Gasteiger partial charge in [0.15, 0.2) is 0 Å². The molecular weight excluding hydrogens is 236 g/mol. The Labute approximate surface area is 112 Å². The quantitative estimate of drug-likeness (QED) is 0.835. The second kappa shape index (κ2) is 4.76. The van der Waals surface area contributed by atoms with Gasteiger partial charge in [0.1, 0.15) is 5.75 Å². The smallest absolute Gasteiger partial charge is 0.119 e. The van der Waals surface area contributed by atoms with Gasteiger partial charge in [-0.25, -0.2) is 0 Å². The van der Waals surface area contributed by atoms with Crippen LogP contribution in [0, 0.1) is 0 Å². The Morgan fingerprint density at radius 2 is 1.89 bits per heavy atom. The maximum Gasteiger partial charge on any atom is 0.119 e. The SMILES string of the molecule is COc1ccc2c(c1)C(c1ccc(N)cc1)=NCC2. The number of ether oxygens (including phenoxy) is 1. The molecule has 19 heavy (non-hydrogen) atoms. The second-order valence-electron chi connectivity index (χ2n) is 4.63. The summed E-state index contributed by atoms with van der Waals surface area (Å²) in [4.78, 5) is 4.67. The van der Waals surface area contributed by atoms with E-state index >= 15 is 0 Å². The average Bonchev–Trinajstić information content (AvgIpc) is 2.47. The fourth-order valence-electron chi connectivity index (χ4n) is 2.38. The van der Waals surface area contributed by atoms with Crippen LogP contribution >= 0.6 is 0 Å². The summed E-state index contributed by atoms with van der Waals surface area (Å²) in [6.07, 6.45) is 0.984. The van der Waals surface area contributed by atoms with Crippen molar-refractivity contribution in [3.8, 4) is 5.75 Å². The molecule has 0 radical (unpaired) electrons. The predicted octanol–water partition coefficient (Wildman–Crippen LogP) is 2.67. The number of hydrogen-bond acceptors (Lipinski definition) is 3. The lowest BCUT2D eigenvalue weighted by atomic mass is 9.93. The summed E-state index contributed by atoms with van der Waals surface area (Å²) < 4.78 is 5.31. The van der Waals surface area contributed by atoms with E-state index in [1.165, 1.54) is 5.56 Å². The van der Waals surface area contributed by atoms with Crippen molar-refractivity contribution in [2.45, 2.75) is 6.42 Å². The van der Waals surface area contributed by atoms with Crippen LogP contribution in [0.15, 0.2) is 47.5 Å². The third kappa shape index (κ3) is 2.19. The van der Waals surface area contributed by atoms with E-state index in [4.69, 9.17) is 10.5 Å². The molecule has 0 bridgehead atoms. The number of anilines is 1. The summed E-state index contributed by atoms with van der Waals surface area (Å²) in [5.74, 6) is 0.865. The number of nitrogens with two attached hydrogens (primary N) is 1. The Morgan fingerprint density at radius 1 is 1.11 bits per heavy atom. The van der Waals surface area contributed by atoms with Gasteiger partial charge in [-0.3, -0.25) is 4.99 Å². The number of fused-ring (bicyclic) bond motifs is 1. The molecule has 2 aromatic carbocycles. The summed E-state index contributed by atoms with van der Waals surface area (Å²) in [7, 11) is 1.69. The minimum atomic E-state index is 0.769. The number of nitrogen functional groups attached to an aromatic ring is 1. The van der Waals surface area contributed by atoms with Gasteiger partial charge in [-0.2, -0.15) is 0 Å². The molecule has 2 aromatic rings. The van der Waals surface area contributed by atoms with Crippen LogP contribution < -0.4 is 10.5 Å². The van der Waals surface area contributed by atoms with Gasteiger partial charge in [0.05, 0.1) is 12.8 Å². The van der Waals surface area contributed by atoms with Gasteiger partial charge in [0, 0.05) is 23.4 Å². The van der Waals surface area contributed by atoms with E-state index in [0.29, 0.717) is 0 Å². The fraction of sp³-hybridized carbons (Fsp3) is 0.188. The third-order valence-corrected chi connectivity index (χ3v) is 3.41. The van der Waals surface area contributed by atoms with Crippen molar-refractivity contribution in [2.75, 3.05) is 19.4 Å². The molecule has 0 fully saturated rings. The van der Waals surface area contributed by atoms with Gasteiger partial charge in [0.2, 0.25) is 0 Å². The molecular formula is C16H16N2O. The van der Waals surface area contributed by atoms with E-state index in [-0.39, 0.29) is 0 Å². The first kappa shape index (κ1) is 11.8. The molecule has 3 rings (SSSR count). The Kier molecular flexibility index (Phi) is 2.95. The van der Waals surface area contributed by atoms with Crippen LogP contribution in [0.2, 0.25) is 0 Å². The van der Waals surface area contributed by atoms with Crippen LogP contribution in [0.5, 0.6) is 5.75 Å². The maximum absolute atomic E-state index is 5.74. The molecule has 0 unspecified atom stereocenters. The topological polar surface area (TPSA) is 47.6 Å². The number of aliphatic imine (C=N–C) groups is 1. The molecule has 0 aromatic heterocycles.